The summed E-state index contributed by atoms with van der Waals surface area (Å²) in [5.41, 5.74) is 1.62. The maximum Gasteiger partial charge on any atom is 0.151 e. The molecule has 3 aromatic rings. The monoisotopic (exact) mass is 518 g/mol. The van der Waals surface area contributed by atoms with Crippen molar-refractivity contribution in [1.82, 2.24) is 9.97 Å². The lowest BCUT2D eigenvalue weighted by Crippen LogP contribution is -2.32. The predicted molar refractivity (Wildman–Crippen MR) is 132 cm³/mol. The fourth-order valence-corrected chi connectivity index (χ4v) is 7.32. The zero-order valence-corrected chi connectivity index (χ0v) is 20.4. The summed E-state index contributed by atoms with van der Waals surface area (Å²) in [6.07, 6.45) is 3.57. The van der Waals surface area contributed by atoms with Gasteiger partial charge in [-0.05, 0) is 43.5 Å². The zero-order valence-electron chi connectivity index (χ0n) is 18.8. The first-order valence-corrected chi connectivity index (χ1v) is 13.8. The lowest BCUT2D eigenvalue weighted by Gasteiger charge is -2.21. The van der Waals surface area contributed by atoms with Gasteiger partial charge in [-0.1, -0.05) is 11.6 Å². The van der Waals surface area contributed by atoms with Crippen molar-refractivity contribution >= 4 is 49.4 Å². The minimum Gasteiger partial charge on any atom is -0.483 e. The number of benzene rings is 2. The topological polar surface area (TPSA) is 94.9 Å². The Morgan fingerprint density at radius 2 is 2.03 bits per heavy atom. The number of nitrogens with one attached hydrogen (secondary N) is 1. The Labute approximate surface area is 207 Å². The Kier molecular flexibility index (Phi) is 6.00. The Balaban J connectivity index is 1.33. The van der Waals surface area contributed by atoms with E-state index in [0.29, 0.717) is 63.6 Å². The summed E-state index contributed by atoms with van der Waals surface area (Å²) in [6.45, 7) is 1.00. The molecular formula is C24H24ClFN4O4S. The third kappa shape index (κ3) is 4.55. The highest BCUT2D eigenvalue weighted by Crippen LogP contribution is 2.38. The fraction of sp³-hybridized carbons (Fsp3) is 0.417. The van der Waals surface area contributed by atoms with Crippen LogP contribution in [0.3, 0.4) is 0 Å². The molecule has 3 fully saturated rings. The summed E-state index contributed by atoms with van der Waals surface area (Å²) in [5.74, 6) is 1.54. The van der Waals surface area contributed by atoms with Gasteiger partial charge in [-0.3, -0.25) is 0 Å². The molecule has 35 heavy (non-hydrogen) atoms. The predicted octanol–water partition coefficient (Wildman–Crippen LogP) is 4.99. The highest BCUT2D eigenvalue weighted by atomic mass is 35.5. The minimum atomic E-state index is -2.24. The van der Waals surface area contributed by atoms with Gasteiger partial charge in [0.05, 0.1) is 49.7 Å². The van der Waals surface area contributed by atoms with Gasteiger partial charge < -0.3 is 19.5 Å². The van der Waals surface area contributed by atoms with E-state index in [4.69, 9.17) is 25.8 Å². The van der Waals surface area contributed by atoms with Crippen LogP contribution in [-0.2, 0) is 19.2 Å². The average molecular weight is 519 g/mol. The SMILES string of the molecule is O=S1(=Nc2cc(Cl)c3c(Nc4ccc(F)cc4O[C@@H]4COC5CCOC54)ncnc3c2)CCCC1. The highest BCUT2D eigenvalue weighted by molar-refractivity contribution is 7.93. The zero-order chi connectivity index (χ0) is 24.0. The third-order valence-electron chi connectivity index (χ3n) is 6.52. The number of halogens is 2. The Bertz CT molecular complexity index is 1400. The van der Waals surface area contributed by atoms with Gasteiger partial charge in [0.25, 0.3) is 0 Å². The van der Waals surface area contributed by atoms with E-state index in [2.05, 4.69) is 19.6 Å². The third-order valence-corrected chi connectivity index (χ3v) is 9.21. The molecule has 3 aliphatic heterocycles. The van der Waals surface area contributed by atoms with Crippen molar-refractivity contribution in [2.45, 2.75) is 37.6 Å². The minimum absolute atomic E-state index is 0.00789. The van der Waals surface area contributed by atoms with Gasteiger partial charge in [0.2, 0.25) is 0 Å². The molecule has 184 valence electrons. The van der Waals surface area contributed by atoms with E-state index in [9.17, 15) is 8.60 Å². The molecule has 0 saturated carbocycles. The highest BCUT2D eigenvalue weighted by Gasteiger charge is 2.43. The second kappa shape index (κ2) is 9.16. The summed E-state index contributed by atoms with van der Waals surface area (Å²) in [7, 11) is -2.24. The van der Waals surface area contributed by atoms with Gasteiger partial charge in [-0.2, -0.15) is 4.36 Å². The Hall–Kier alpha value is -2.53. The van der Waals surface area contributed by atoms with E-state index >= 15 is 0 Å². The van der Waals surface area contributed by atoms with Crippen molar-refractivity contribution in [3.05, 3.63) is 47.5 Å². The van der Waals surface area contributed by atoms with Gasteiger partial charge in [-0.25, -0.2) is 18.6 Å². The molecule has 2 aromatic carbocycles. The molecule has 0 aliphatic carbocycles. The van der Waals surface area contributed by atoms with Crippen LogP contribution in [0.15, 0.2) is 41.0 Å². The maximum atomic E-state index is 14.1. The van der Waals surface area contributed by atoms with E-state index in [-0.39, 0.29) is 18.3 Å². The second-order valence-corrected chi connectivity index (χ2v) is 11.9. The van der Waals surface area contributed by atoms with Crippen molar-refractivity contribution < 1.29 is 22.8 Å². The number of hydrogen-bond acceptors (Lipinski definition) is 8. The van der Waals surface area contributed by atoms with Gasteiger partial charge in [-0.15, -0.1) is 0 Å². The van der Waals surface area contributed by atoms with Crippen LogP contribution in [0.1, 0.15) is 19.3 Å². The van der Waals surface area contributed by atoms with E-state index in [1.54, 1.807) is 18.2 Å². The maximum absolute atomic E-state index is 14.1. The summed E-state index contributed by atoms with van der Waals surface area (Å²) in [6, 6.07) is 7.69. The quantitative estimate of drug-likeness (QED) is 0.508. The fourth-order valence-electron chi connectivity index (χ4n) is 4.83. The molecule has 3 saturated heterocycles. The van der Waals surface area contributed by atoms with Gasteiger partial charge in [0.1, 0.15) is 29.8 Å². The van der Waals surface area contributed by atoms with Crippen molar-refractivity contribution in [1.29, 1.82) is 0 Å². The molecule has 1 aromatic heterocycles. The summed E-state index contributed by atoms with van der Waals surface area (Å²) >= 11 is 6.63. The van der Waals surface area contributed by atoms with Gasteiger partial charge in [0.15, 0.2) is 6.10 Å². The molecule has 3 atom stereocenters. The molecule has 4 heterocycles. The smallest absolute Gasteiger partial charge is 0.151 e. The molecule has 2 unspecified atom stereocenters. The first kappa shape index (κ1) is 22.9. The molecule has 1 N–H and O–H groups in total. The van der Waals surface area contributed by atoms with Crippen molar-refractivity contribution in [3.8, 4) is 5.75 Å². The Morgan fingerprint density at radius 1 is 1.17 bits per heavy atom. The molecule has 3 aliphatic rings. The number of nitrogens with zero attached hydrogens (tertiary/aromatic N) is 3. The second-order valence-electron chi connectivity index (χ2n) is 8.94. The van der Waals surface area contributed by atoms with Crippen LogP contribution in [-0.4, -0.2) is 57.2 Å². The normalized spacial score (nSPS) is 25.0. The lowest BCUT2D eigenvalue weighted by atomic mass is 10.1. The molecule has 0 spiro atoms. The Morgan fingerprint density at radius 3 is 2.89 bits per heavy atom. The lowest BCUT2D eigenvalue weighted by molar-refractivity contribution is 0.0310. The van der Waals surface area contributed by atoms with Crippen molar-refractivity contribution in [3.63, 3.8) is 0 Å². The van der Waals surface area contributed by atoms with E-state index in [1.807, 2.05) is 0 Å². The largest absolute Gasteiger partial charge is 0.483 e. The number of anilines is 2. The van der Waals surface area contributed by atoms with E-state index in [0.717, 1.165) is 19.3 Å². The molecule has 8 nitrogen and oxygen atoms in total. The van der Waals surface area contributed by atoms with Crippen LogP contribution in [0.4, 0.5) is 21.6 Å². The summed E-state index contributed by atoms with van der Waals surface area (Å²) in [4.78, 5) is 8.71. The average Bonchev–Trinajstić information content (AvgIpc) is 3.54. The van der Waals surface area contributed by atoms with Crippen molar-refractivity contribution in [2.24, 2.45) is 4.36 Å². The summed E-state index contributed by atoms with van der Waals surface area (Å²) < 4.78 is 49.2. The van der Waals surface area contributed by atoms with Gasteiger partial charge >= 0.3 is 0 Å². The van der Waals surface area contributed by atoms with E-state index in [1.165, 1.54) is 18.5 Å². The molecular weight excluding hydrogens is 495 g/mol. The van der Waals surface area contributed by atoms with Gasteiger partial charge in [0, 0.05) is 24.2 Å². The number of rotatable bonds is 5. The van der Waals surface area contributed by atoms with Crippen LogP contribution in [0.2, 0.25) is 5.02 Å². The molecule has 0 bridgehead atoms. The number of aromatic nitrogens is 2. The van der Waals surface area contributed by atoms with Crippen LogP contribution in [0.25, 0.3) is 10.9 Å². The molecule has 6 rings (SSSR count). The first-order valence-electron chi connectivity index (χ1n) is 11.6. The van der Waals surface area contributed by atoms with Crippen LogP contribution in [0, 0.1) is 5.82 Å². The molecule has 11 heteroatoms. The number of ether oxygens (including phenoxy) is 3. The molecule has 0 radical (unpaired) electrons. The summed E-state index contributed by atoms with van der Waals surface area (Å²) in [5, 5.41) is 4.17. The van der Waals surface area contributed by atoms with Crippen LogP contribution in [0.5, 0.6) is 5.75 Å². The molecule has 0 amide bonds. The van der Waals surface area contributed by atoms with Crippen molar-refractivity contribution in [2.75, 3.05) is 30.0 Å². The van der Waals surface area contributed by atoms with E-state index < -0.39 is 15.5 Å². The standard InChI is InChI=1S/C24H24ClFN4O4S/c25-16-10-15(30-35(31)7-1-2-8-35)11-18-22(16)24(28-13-27-18)29-17-4-3-14(26)9-20(17)34-21-12-33-19-5-6-32-23(19)21/h3-4,9-11,13,19,21,23H,1-2,5-8,12H2,(H,27,28,29)/t19?,21-,23?/m1/s1. The number of hydrogen-bond donors (Lipinski definition) is 1. The van der Waals surface area contributed by atoms with Crippen LogP contribution < -0.4 is 10.1 Å². The first-order chi connectivity index (χ1) is 17.0. The number of fused-ring (bicyclic) bond motifs is 2. The van der Waals surface area contributed by atoms with Crippen LogP contribution >= 0.6 is 11.6 Å².